The maximum absolute atomic E-state index is 11.5. The predicted octanol–water partition coefficient (Wildman–Crippen LogP) is 0.365. The minimum absolute atomic E-state index is 0.0917. The highest BCUT2D eigenvalue weighted by molar-refractivity contribution is 5.73. The first kappa shape index (κ1) is 19.7. The van der Waals surface area contributed by atoms with Gasteiger partial charge in [0.15, 0.2) is 11.1 Å². The summed E-state index contributed by atoms with van der Waals surface area (Å²) >= 11 is 0. The van der Waals surface area contributed by atoms with Gasteiger partial charge in [-0.2, -0.15) is 9.61 Å². The summed E-state index contributed by atoms with van der Waals surface area (Å²) in [5.41, 5.74) is 3.53. The van der Waals surface area contributed by atoms with Gasteiger partial charge in [-0.1, -0.05) is 18.2 Å². The standard InChI is InChI=1S/C22H21N7O3/c1-12(30)23-10-13-3-2-4-14(7-13)17-9-19(25-16-5-6-16)29-20(26-17)15(11-24-29)8-18-21(31)28-22(32)27-18/h2-4,7-9,11,16,31H,5-6,10H2,1H3,(H,23,30)(H2,27,28,32)/b15-8+,25-19?. The van der Waals surface area contributed by atoms with Gasteiger partial charge in [-0.3, -0.25) is 14.8 Å². The molecule has 1 aliphatic rings. The number of fused-ring (bicyclic) bond motifs is 1. The third-order valence-electron chi connectivity index (χ3n) is 5.14. The third-order valence-corrected chi connectivity index (χ3v) is 5.14. The molecule has 1 fully saturated rings. The number of H-pyrrole nitrogens is 2. The van der Waals surface area contributed by atoms with Crippen LogP contribution in [0.15, 0.2) is 46.3 Å². The van der Waals surface area contributed by atoms with E-state index in [1.807, 2.05) is 30.3 Å². The van der Waals surface area contributed by atoms with Crippen molar-refractivity contribution < 1.29 is 9.90 Å². The molecule has 10 heteroatoms. The molecule has 10 nitrogen and oxygen atoms in total. The Morgan fingerprint density at radius 1 is 1.34 bits per heavy atom. The Bertz CT molecular complexity index is 1510. The fraction of sp³-hybridized carbons (Fsp3) is 0.227. The van der Waals surface area contributed by atoms with Crippen LogP contribution in [0, 0.1) is 0 Å². The molecule has 0 spiro atoms. The lowest BCUT2D eigenvalue weighted by atomic mass is 10.1. The maximum Gasteiger partial charge on any atom is 0.326 e. The van der Waals surface area contributed by atoms with Gasteiger partial charge in [0.05, 0.1) is 17.9 Å². The molecule has 3 aromatic heterocycles. The third kappa shape index (κ3) is 4.02. The smallest absolute Gasteiger partial charge is 0.326 e. The largest absolute Gasteiger partial charge is 0.493 e. The molecule has 4 aromatic rings. The Balaban J connectivity index is 1.67. The maximum atomic E-state index is 11.5. The summed E-state index contributed by atoms with van der Waals surface area (Å²) in [5.74, 6) is -0.343. The molecule has 0 saturated heterocycles. The van der Waals surface area contributed by atoms with E-state index in [0.29, 0.717) is 28.6 Å². The van der Waals surface area contributed by atoms with Crippen molar-refractivity contribution in [1.29, 1.82) is 0 Å². The van der Waals surface area contributed by atoms with Crippen molar-refractivity contribution in [3.63, 3.8) is 0 Å². The predicted molar refractivity (Wildman–Crippen MR) is 116 cm³/mol. The number of hydrogen-bond donors (Lipinski definition) is 4. The first-order chi connectivity index (χ1) is 15.5. The van der Waals surface area contributed by atoms with E-state index in [-0.39, 0.29) is 23.5 Å². The van der Waals surface area contributed by atoms with E-state index in [9.17, 15) is 14.7 Å². The number of amides is 1. The second kappa shape index (κ2) is 7.80. The topological polar surface area (TPSA) is 141 Å². The van der Waals surface area contributed by atoms with Crippen molar-refractivity contribution in [3.8, 4) is 17.1 Å². The SMILES string of the molecule is CC(=O)NCc1cccc(-c2cc(=NC3CC3)n3nc/c(=C\c4[nH]c(=O)[nH]c4O)c3n2)c1. The lowest BCUT2D eigenvalue weighted by molar-refractivity contribution is -0.119. The van der Waals surface area contributed by atoms with Crippen LogP contribution in [0.25, 0.3) is 23.0 Å². The van der Waals surface area contributed by atoms with E-state index < -0.39 is 5.69 Å². The summed E-state index contributed by atoms with van der Waals surface area (Å²) in [6.45, 7) is 1.91. The van der Waals surface area contributed by atoms with Crippen LogP contribution < -0.4 is 21.7 Å². The van der Waals surface area contributed by atoms with Gasteiger partial charge in [-0.15, -0.1) is 0 Å². The summed E-state index contributed by atoms with van der Waals surface area (Å²) < 4.78 is 1.66. The first-order valence-corrected chi connectivity index (χ1v) is 10.3. The first-order valence-electron chi connectivity index (χ1n) is 10.3. The van der Waals surface area contributed by atoms with Gasteiger partial charge in [0, 0.05) is 30.3 Å². The fourth-order valence-corrected chi connectivity index (χ4v) is 3.41. The molecule has 1 amide bonds. The summed E-state index contributed by atoms with van der Waals surface area (Å²) in [5, 5.41) is 17.8. The van der Waals surface area contributed by atoms with E-state index in [4.69, 9.17) is 9.98 Å². The molecule has 0 unspecified atom stereocenters. The van der Waals surface area contributed by atoms with Gasteiger partial charge in [-0.05, 0) is 30.5 Å². The number of carbonyl (C=O) groups excluding carboxylic acids is 1. The molecule has 1 saturated carbocycles. The van der Waals surface area contributed by atoms with Crippen molar-refractivity contribution in [3.05, 3.63) is 69.0 Å². The Labute approximate surface area is 181 Å². The van der Waals surface area contributed by atoms with Crippen molar-refractivity contribution >= 4 is 17.6 Å². The number of nitrogens with one attached hydrogen (secondary N) is 3. The second-order valence-electron chi connectivity index (χ2n) is 7.79. The van der Waals surface area contributed by atoms with E-state index in [1.165, 1.54) is 6.92 Å². The number of nitrogens with zero attached hydrogens (tertiary/aromatic N) is 4. The molecule has 3 heterocycles. The second-order valence-corrected chi connectivity index (χ2v) is 7.79. The number of carbonyl (C=O) groups is 1. The van der Waals surface area contributed by atoms with Crippen LogP contribution in [0.4, 0.5) is 0 Å². The zero-order chi connectivity index (χ0) is 22.2. The molecule has 0 bridgehead atoms. The number of aromatic nitrogens is 5. The fourth-order valence-electron chi connectivity index (χ4n) is 3.41. The highest BCUT2D eigenvalue weighted by atomic mass is 16.3. The minimum atomic E-state index is -0.501. The molecule has 1 aliphatic carbocycles. The molecular formula is C22H21N7O3. The quantitative estimate of drug-likeness (QED) is 0.361. The van der Waals surface area contributed by atoms with Crippen LogP contribution in [-0.4, -0.2) is 41.6 Å². The molecular weight excluding hydrogens is 410 g/mol. The Morgan fingerprint density at radius 2 is 2.19 bits per heavy atom. The number of imidazole rings is 1. The zero-order valence-corrected chi connectivity index (χ0v) is 17.3. The number of benzene rings is 1. The molecule has 0 aliphatic heterocycles. The van der Waals surface area contributed by atoms with Crippen LogP contribution >= 0.6 is 0 Å². The van der Waals surface area contributed by atoms with Crippen LogP contribution in [0.3, 0.4) is 0 Å². The number of aromatic amines is 2. The summed E-state index contributed by atoms with van der Waals surface area (Å²) in [4.78, 5) is 37.2. The van der Waals surface area contributed by atoms with Crippen molar-refractivity contribution in [2.24, 2.45) is 4.99 Å². The molecule has 4 N–H and O–H groups in total. The van der Waals surface area contributed by atoms with Crippen molar-refractivity contribution in [1.82, 2.24) is 29.9 Å². The van der Waals surface area contributed by atoms with Gasteiger partial charge in [0.1, 0.15) is 5.69 Å². The van der Waals surface area contributed by atoms with Gasteiger partial charge in [0.2, 0.25) is 11.8 Å². The van der Waals surface area contributed by atoms with Crippen molar-refractivity contribution in [2.45, 2.75) is 32.4 Å². The highest BCUT2D eigenvalue weighted by Gasteiger charge is 2.20. The minimum Gasteiger partial charge on any atom is -0.493 e. The summed E-state index contributed by atoms with van der Waals surface area (Å²) in [7, 11) is 0. The van der Waals surface area contributed by atoms with E-state index >= 15 is 0 Å². The molecule has 32 heavy (non-hydrogen) atoms. The van der Waals surface area contributed by atoms with E-state index in [0.717, 1.165) is 24.0 Å². The number of rotatable bonds is 5. The zero-order valence-electron chi connectivity index (χ0n) is 17.3. The van der Waals surface area contributed by atoms with E-state index in [2.05, 4.69) is 20.4 Å². The number of hydrogen-bond acceptors (Lipinski definition) is 6. The Morgan fingerprint density at radius 3 is 2.91 bits per heavy atom. The lowest BCUT2D eigenvalue weighted by Crippen LogP contribution is -2.20. The Kier molecular flexibility index (Phi) is 4.81. The van der Waals surface area contributed by atoms with Crippen molar-refractivity contribution in [2.75, 3.05) is 0 Å². The average molecular weight is 431 g/mol. The monoisotopic (exact) mass is 431 g/mol. The van der Waals surface area contributed by atoms with E-state index in [1.54, 1.807) is 16.8 Å². The highest BCUT2D eigenvalue weighted by Crippen LogP contribution is 2.23. The average Bonchev–Trinajstić information content (AvgIpc) is 3.40. The van der Waals surface area contributed by atoms with Gasteiger partial charge in [-0.25, -0.2) is 9.78 Å². The van der Waals surface area contributed by atoms with Gasteiger partial charge < -0.3 is 15.4 Å². The normalized spacial score (nSPS) is 14.9. The van der Waals surface area contributed by atoms with Crippen LogP contribution in [-0.2, 0) is 11.3 Å². The summed E-state index contributed by atoms with van der Waals surface area (Å²) in [6, 6.07) is 9.96. The van der Waals surface area contributed by atoms with Crippen LogP contribution in [0.5, 0.6) is 5.88 Å². The number of aromatic hydroxyl groups is 1. The Hall–Kier alpha value is -4.21. The molecule has 0 atom stereocenters. The van der Waals surface area contributed by atoms with Gasteiger partial charge >= 0.3 is 5.69 Å². The molecule has 1 aromatic carbocycles. The lowest BCUT2D eigenvalue weighted by Gasteiger charge is -2.07. The summed E-state index contributed by atoms with van der Waals surface area (Å²) in [6.07, 6.45) is 5.32. The molecule has 0 radical (unpaired) electrons. The van der Waals surface area contributed by atoms with Crippen LogP contribution in [0.1, 0.15) is 31.0 Å². The molecule has 162 valence electrons. The van der Waals surface area contributed by atoms with Crippen LogP contribution in [0.2, 0.25) is 0 Å². The van der Waals surface area contributed by atoms with Gasteiger partial charge in [0.25, 0.3) is 0 Å². The molecule has 5 rings (SSSR count).